The van der Waals surface area contributed by atoms with Gasteiger partial charge in [0, 0.05) is 6.61 Å². The summed E-state index contributed by atoms with van der Waals surface area (Å²) in [7, 11) is 0. The maximum absolute atomic E-state index is 9.98. The lowest BCUT2D eigenvalue weighted by molar-refractivity contribution is -0.141. The van der Waals surface area contributed by atoms with Gasteiger partial charge in [0.1, 0.15) is 0 Å². The molecule has 0 heterocycles. The van der Waals surface area contributed by atoms with Crippen molar-refractivity contribution in [2.24, 2.45) is 5.92 Å². The van der Waals surface area contributed by atoms with Crippen LogP contribution in [-0.4, -0.2) is 22.8 Å². The second-order valence-electron chi connectivity index (χ2n) is 3.25. The Bertz CT molecular complexity index is 545. The van der Waals surface area contributed by atoms with Crippen molar-refractivity contribution in [1.82, 2.24) is 0 Å². The first-order valence-electron chi connectivity index (χ1n) is 5.77. The maximum atomic E-state index is 9.98. The van der Waals surface area contributed by atoms with Crippen LogP contribution in [0, 0.1) is 65.1 Å². The van der Waals surface area contributed by atoms with Gasteiger partial charge in [-0.25, -0.2) is 0 Å². The largest absolute Gasteiger partial charge is 0.481 e. The first-order valence-corrected chi connectivity index (χ1v) is 5.77. The highest BCUT2D eigenvalue weighted by Crippen LogP contribution is 1.98. The molecular weight excluding hydrogens is 252 g/mol. The molecule has 20 heavy (non-hydrogen) atoms. The summed E-state index contributed by atoms with van der Waals surface area (Å²) < 4.78 is 0. The SMILES string of the molecule is CC#CC#CC#CC#CC#CC.CC(CCO)C(=O)O. The second-order valence-corrected chi connectivity index (χ2v) is 3.25. The van der Waals surface area contributed by atoms with E-state index in [0.717, 1.165) is 0 Å². The molecule has 0 fully saturated rings. The zero-order chi connectivity index (χ0) is 15.6. The van der Waals surface area contributed by atoms with Crippen LogP contribution in [0.2, 0.25) is 0 Å². The highest BCUT2D eigenvalue weighted by molar-refractivity contribution is 5.69. The van der Waals surface area contributed by atoms with Crippen molar-refractivity contribution >= 4 is 5.97 Å². The monoisotopic (exact) mass is 268 g/mol. The van der Waals surface area contributed by atoms with E-state index in [0.29, 0.717) is 6.42 Å². The molecule has 0 saturated heterocycles. The fourth-order valence-corrected chi connectivity index (χ4v) is 0.630. The average Bonchev–Trinajstić information content (AvgIpc) is 2.43. The summed E-state index contributed by atoms with van der Waals surface area (Å²) >= 11 is 0. The van der Waals surface area contributed by atoms with Gasteiger partial charge < -0.3 is 10.2 Å². The summed E-state index contributed by atoms with van der Waals surface area (Å²) in [6.45, 7) is 4.96. The number of hydrogen-bond donors (Lipinski definition) is 2. The van der Waals surface area contributed by atoms with Gasteiger partial charge in [-0.15, -0.1) is 0 Å². The molecule has 0 aliphatic carbocycles. The van der Waals surface area contributed by atoms with Gasteiger partial charge in [-0.3, -0.25) is 4.79 Å². The molecule has 0 radical (unpaired) electrons. The number of hydrogen-bond acceptors (Lipinski definition) is 2. The van der Waals surface area contributed by atoms with E-state index < -0.39 is 11.9 Å². The van der Waals surface area contributed by atoms with E-state index in [4.69, 9.17) is 10.2 Å². The summed E-state index contributed by atoms with van der Waals surface area (Å²) in [5.41, 5.74) is 0. The lowest BCUT2D eigenvalue weighted by atomic mass is 10.1. The summed E-state index contributed by atoms with van der Waals surface area (Å²) in [5.74, 6) is 24.3. The molecule has 0 aromatic heterocycles. The third kappa shape index (κ3) is 17.6. The van der Waals surface area contributed by atoms with Crippen LogP contribution in [0.3, 0.4) is 0 Å². The van der Waals surface area contributed by atoms with E-state index in [-0.39, 0.29) is 6.61 Å². The van der Waals surface area contributed by atoms with Crippen LogP contribution >= 0.6 is 0 Å². The normalized spacial score (nSPS) is 7.60. The highest BCUT2D eigenvalue weighted by Gasteiger charge is 2.07. The quantitative estimate of drug-likeness (QED) is 0.754. The molecule has 0 rings (SSSR count). The van der Waals surface area contributed by atoms with Gasteiger partial charge >= 0.3 is 5.97 Å². The molecule has 0 aliphatic rings. The van der Waals surface area contributed by atoms with E-state index >= 15 is 0 Å². The van der Waals surface area contributed by atoms with Gasteiger partial charge in [0.15, 0.2) is 0 Å². The Morgan fingerprint density at radius 2 is 1.25 bits per heavy atom. The zero-order valence-corrected chi connectivity index (χ0v) is 11.8. The lowest BCUT2D eigenvalue weighted by Gasteiger charge is -1.99. The molecule has 0 aliphatic heterocycles. The number of rotatable bonds is 3. The second kappa shape index (κ2) is 16.2. The average molecular weight is 268 g/mol. The first-order chi connectivity index (χ1) is 9.59. The molecule has 3 heteroatoms. The van der Waals surface area contributed by atoms with Crippen LogP contribution in [0.25, 0.3) is 0 Å². The Hall–Kier alpha value is -2.77. The lowest BCUT2D eigenvalue weighted by Crippen LogP contribution is -2.10. The Morgan fingerprint density at radius 1 is 0.900 bits per heavy atom. The van der Waals surface area contributed by atoms with Gasteiger partial charge in [-0.1, -0.05) is 18.8 Å². The highest BCUT2D eigenvalue weighted by atomic mass is 16.4. The fraction of sp³-hybridized carbons (Fsp3) is 0.353. The number of aliphatic carboxylic acids is 1. The molecule has 0 spiro atoms. The van der Waals surface area contributed by atoms with Gasteiger partial charge in [-0.05, 0) is 67.6 Å². The van der Waals surface area contributed by atoms with Crippen molar-refractivity contribution in [2.45, 2.75) is 27.2 Å². The predicted octanol–water partition coefficient (Wildman–Crippen LogP) is 1.13. The van der Waals surface area contributed by atoms with E-state index in [9.17, 15) is 4.79 Å². The molecule has 1 atom stereocenters. The van der Waals surface area contributed by atoms with Crippen molar-refractivity contribution in [3.8, 4) is 59.2 Å². The van der Waals surface area contributed by atoms with Gasteiger partial charge in [0.2, 0.25) is 0 Å². The minimum Gasteiger partial charge on any atom is -0.481 e. The van der Waals surface area contributed by atoms with Gasteiger partial charge in [0.05, 0.1) is 5.92 Å². The van der Waals surface area contributed by atoms with E-state index in [1.807, 2.05) is 0 Å². The zero-order valence-electron chi connectivity index (χ0n) is 11.8. The molecule has 0 bridgehead atoms. The standard InChI is InChI=1S/C12H6.C5H10O3/c1-3-5-7-9-11-12-10-8-6-4-2;1-4(2-3-6)5(7)8/h1-2H3;4,6H,2-3H2,1H3,(H,7,8). The Kier molecular flexibility index (Phi) is 15.9. The van der Waals surface area contributed by atoms with Crippen molar-refractivity contribution in [1.29, 1.82) is 0 Å². The molecule has 0 amide bonds. The third-order valence-corrected chi connectivity index (χ3v) is 1.67. The van der Waals surface area contributed by atoms with Crippen LogP contribution in [0.1, 0.15) is 27.2 Å². The number of carboxylic acid groups (broad SMARTS) is 1. The van der Waals surface area contributed by atoms with Crippen molar-refractivity contribution < 1.29 is 15.0 Å². The van der Waals surface area contributed by atoms with Crippen LogP contribution in [-0.2, 0) is 4.79 Å². The molecule has 0 aromatic rings. The van der Waals surface area contributed by atoms with Crippen LogP contribution in [0.15, 0.2) is 0 Å². The van der Waals surface area contributed by atoms with Crippen molar-refractivity contribution in [3.05, 3.63) is 0 Å². The van der Waals surface area contributed by atoms with Gasteiger partial charge in [0.25, 0.3) is 0 Å². The minimum absolute atomic E-state index is 0.0481. The van der Waals surface area contributed by atoms with E-state index in [1.54, 1.807) is 20.8 Å². The topological polar surface area (TPSA) is 57.5 Å². The van der Waals surface area contributed by atoms with Crippen LogP contribution < -0.4 is 0 Å². The molecule has 2 N–H and O–H groups in total. The predicted molar refractivity (Wildman–Crippen MR) is 78.7 cm³/mol. The molecule has 0 saturated carbocycles. The fourth-order valence-electron chi connectivity index (χ4n) is 0.630. The summed E-state index contributed by atoms with van der Waals surface area (Å²) in [5, 5.41) is 16.4. The molecule has 1 unspecified atom stereocenters. The first kappa shape index (κ1) is 19.6. The third-order valence-electron chi connectivity index (χ3n) is 1.67. The van der Waals surface area contributed by atoms with Crippen molar-refractivity contribution in [2.75, 3.05) is 6.61 Å². The number of aliphatic hydroxyl groups is 1. The smallest absolute Gasteiger partial charge is 0.306 e. The maximum Gasteiger partial charge on any atom is 0.306 e. The Morgan fingerprint density at radius 3 is 1.45 bits per heavy atom. The number of carbonyl (C=O) groups is 1. The van der Waals surface area contributed by atoms with Gasteiger partial charge in [-0.2, -0.15) is 0 Å². The Labute approximate surface area is 120 Å². The van der Waals surface area contributed by atoms with Crippen LogP contribution in [0.5, 0.6) is 0 Å². The Balaban J connectivity index is 0. The summed E-state index contributed by atoms with van der Waals surface area (Å²) in [4.78, 5) is 9.98. The van der Waals surface area contributed by atoms with Crippen molar-refractivity contribution in [3.63, 3.8) is 0 Å². The molecule has 3 nitrogen and oxygen atoms in total. The molecular formula is C17H16O3. The summed E-state index contributed by atoms with van der Waals surface area (Å²) in [6, 6.07) is 0. The van der Waals surface area contributed by atoms with Crippen LogP contribution in [0.4, 0.5) is 0 Å². The molecule has 0 aromatic carbocycles. The van der Waals surface area contributed by atoms with E-state index in [2.05, 4.69) is 59.2 Å². The number of carboxylic acids is 1. The minimum atomic E-state index is -0.848. The molecule has 102 valence electrons. The number of aliphatic hydroxyl groups excluding tert-OH is 1. The summed E-state index contributed by atoms with van der Waals surface area (Å²) in [6.07, 6.45) is 0.343. The van der Waals surface area contributed by atoms with E-state index in [1.165, 1.54) is 0 Å².